The molecule has 0 aliphatic carbocycles. The van der Waals surface area contributed by atoms with Crippen molar-refractivity contribution in [2.45, 2.75) is 0 Å². The first kappa shape index (κ1) is 44.1. The van der Waals surface area contributed by atoms with Crippen LogP contribution in [-0.4, -0.2) is 116 Å². The van der Waals surface area contributed by atoms with Gasteiger partial charge in [-0.3, -0.25) is 0 Å². The van der Waals surface area contributed by atoms with Gasteiger partial charge in [0.1, 0.15) is 26.4 Å². The van der Waals surface area contributed by atoms with E-state index in [2.05, 4.69) is 0 Å². The van der Waals surface area contributed by atoms with Crippen molar-refractivity contribution in [3.8, 4) is 45.3 Å². The maximum Gasteiger partial charge on any atom is 2.00 e. The zero-order valence-electron chi connectivity index (χ0n) is 34.7. The smallest absolute Gasteiger partial charge is 0.657 e. The number of ether oxygens (including phenoxy) is 10. The molecule has 9 rings (SSSR count). The summed E-state index contributed by atoms with van der Waals surface area (Å²) in [6.07, 6.45) is 7.99. The molecule has 0 atom stereocenters. The van der Waals surface area contributed by atoms with Crippen LogP contribution in [0.1, 0.15) is 22.8 Å². The van der Waals surface area contributed by atoms with Gasteiger partial charge in [0.15, 0.2) is 23.0 Å². The number of nitrogens with zero attached hydrogens (tertiary/aromatic N) is 4. The summed E-state index contributed by atoms with van der Waals surface area (Å²) in [7, 11) is 0. The summed E-state index contributed by atoms with van der Waals surface area (Å²) in [5.41, 5.74) is 9.45. The van der Waals surface area contributed by atoms with Crippen molar-refractivity contribution in [2.75, 3.05) is 106 Å². The number of hydrogen-bond acceptors (Lipinski definition) is 12. The minimum absolute atomic E-state index is 0. The molecule has 8 bridgehead atoms. The SMILES string of the molecule is C1=Cc2nc1cc1ccc([n-]1)c(-c1ccc3c(c1)OCCOCCOCCOCCO3)c1nc(cc3ccc([n-]3)c2-c2ccc3c(c2)OCCOCCOCCOCCO3)C=C1.[Cu+2]. The second kappa shape index (κ2) is 22.2. The molecular weight excluding hydrogens is 856 g/mol. The minimum atomic E-state index is 0. The Balaban J connectivity index is 0.00000544. The predicted molar refractivity (Wildman–Crippen MR) is 235 cm³/mol. The minimum Gasteiger partial charge on any atom is -0.657 e. The fourth-order valence-electron chi connectivity index (χ4n) is 7.26. The summed E-state index contributed by atoms with van der Waals surface area (Å²) >= 11 is 0. The Kier molecular flexibility index (Phi) is 15.6. The fraction of sp³-hybridized carbons (Fsp3) is 0.333. The molecule has 14 nitrogen and oxygen atoms in total. The average molecular weight is 904 g/mol. The van der Waals surface area contributed by atoms with Crippen LogP contribution in [0.4, 0.5) is 0 Å². The van der Waals surface area contributed by atoms with Gasteiger partial charge in [-0.2, -0.15) is 0 Å². The van der Waals surface area contributed by atoms with E-state index in [-0.39, 0.29) is 17.1 Å². The summed E-state index contributed by atoms with van der Waals surface area (Å²) in [4.78, 5) is 20.4. The molecule has 1 radical (unpaired) electrons. The number of rotatable bonds is 2. The Morgan fingerprint density at radius 3 is 1.08 bits per heavy atom. The number of hydrogen-bond donors (Lipinski definition) is 0. The van der Waals surface area contributed by atoms with E-state index in [4.69, 9.17) is 67.3 Å². The van der Waals surface area contributed by atoms with Crippen molar-refractivity contribution in [1.29, 1.82) is 0 Å². The molecule has 0 spiro atoms. The molecule has 0 saturated carbocycles. The van der Waals surface area contributed by atoms with Gasteiger partial charge in [-0.05, 0) is 70.8 Å². The first-order chi connectivity index (χ1) is 30.7. The molecule has 0 fully saturated rings. The van der Waals surface area contributed by atoms with E-state index in [0.717, 1.165) is 67.1 Å². The third-order valence-electron chi connectivity index (χ3n) is 10.2. The molecular formula is C48H48CuN4O10. The topological polar surface area (TPSA) is 146 Å². The third kappa shape index (κ3) is 11.6. The van der Waals surface area contributed by atoms with Crippen molar-refractivity contribution in [1.82, 2.24) is 19.9 Å². The molecule has 2 aromatic carbocycles. The zero-order valence-corrected chi connectivity index (χ0v) is 35.7. The van der Waals surface area contributed by atoms with Gasteiger partial charge >= 0.3 is 17.1 Å². The normalized spacial score (nSPS) is 17.0. The van der Waals surface area contributed by atoms with Gasteiger partial charge in [0, 0.05) is 0 Å². The standard InChI is InChI=1S/C48H48N4O10.Cu/c1-11-43-45(61-27-23-57-19-15-53-13-17-55-21-25-59-43)29-33(1)47-39-7-3-35(49-39)31-37-5-9-41(51-37)48(42-10-6-38(52-42)32-36-4-8-40(47)50-36)34-2-12-44-46(30-34)62-28-24-58-20-16-54-14-18-56-22-26-60-44;/h1-12,29-32H,13-28H2;/q-2;+2. The van der Waals surface area contributed by atoms with Crippen molar-refractivity contribution in [3.05, 3.63) is 95.6 Å². The van der Waals surface area contributed by atoms with Gasteiger partial charge in [0.05, 0.1) is 102 Å². The van der Waals surface area contributed by atoms with Crippen LogP contribution in [0.25, 0.3) is 68.6 Å². The molecule has 0 N–H and O–H groups in total. The van der Waals surface area contributed by atoms with Crippen molar-refractivity contribution in [3.63, 3.8) is 0 Å². The molecule has 4 aliphatic rings. The van der Waals surface area contributed by atoms with E-state index in [0.29, 0.717) is 129 Å². The number of aromatic nitrogens is 4. The molecule has 3 aromatic heterocycles. The second-order valence-electron chi connectivity index (χ2n) is 14.5. The van der Waals surface area contributed by atoms with E-state index in [1.807, 2.05) is 97.1 Å². The Hall–Kier alpha value is -5.48. The molecule has 0 unspecified atom stereocenters. The van der Waals surface area contributed by atoms with E-state index < -0.39 is 0 Å². The van der Waals surface area contributed by atoms with E-state index in [1.165, 1.54) is 0 Å². The number of fused-ring (bicyclic) bond motifs is 10. The quantitative estimate of drug-likeness (QED) is 0.166. The first-order valence-electron chi connectivity index (χ1n) is 21.0. The van der Waals surface area contributed by atoms with Crippen LogP contribution in [0.3, 0.4) is 0 Å². The molecule has 5 aromatic rings. The molecule has 63 heavy (non-hydrogen) atoms. The van der Waals surface area contributed by atoms with Crippen molar-refractivity contribution < 1.29 is 64.4 Å². The van der Waals surface area contributed by atoms with Crippen LogP contribution in [-0.2, 0) is 45.5 Å². The monoisotopic (exact) mass is 903 g/mol. The molecule has 7 heterocycles. The fourth-order valence-corrected chi connectivity index (χ4v) is 7.26. The second-order valence-corrected chi connectivity index (χ2v) is 14.5. The van der Waals surface area contributed by atoms with Gasteiger partial charge < -0.3 is 57.3 Å². The van der Waals surface area contributed by atoms with Crippen LogP contribution in [0.5, 0.6) is 23.0 Å². The van der Waals surface area contributed by atoms with E-state index in [9.17, 15) is 0 Å². The maximum atomic E-state index is 6.26. The van der Waals surface area contributed by atoms with Gasteiger partial charge in [0.25, 0.3) is 0 Å². The maximum absolute atomic E-state index is 6.26. The van der Waals surface area contributed by atoms with Crippen LogP contribution < -0.4 is 28.9 Å². The Labute approximate surface area is 375 Å². The van der Waals surface area contributed by atoms with Crippen LogP contribution in [0, 0.1) is 0 Å². The number of benzene rings is 2. The molecule has 4 aliphatic heterocycles. The van der Waals surface area contributed by atoms with Gasteiger partial charge in [-0.1, -0.05) is 48.5 Å². The van der Waals surface area contributed by atoms with Crippen molar-refractivity contribution >= 4 is 46.4 Å². The van der Waals surface area contributed by atoms with Crippen LogP contribution >= 0.6 is 0 Å². The summed E-state index contributed by atoms with van der Waals surface area (Å²) in [6, 6.07) is 23.7. The van der Waals surface area contributed by atoms with Gasteiger partial charge in [-0.25, -0.2) is 9.97 Å². The first-order valence-corrected chi connectivity index (χ1v) is 21.0. The Morgan fingerprint density at radius 2 is 0.698 bits per heavy atom. The summed E-state index contributed by atoms with van der Waals surface area (Å²) in [5, 5.41) is 0. The summed E-state index contributed by atoms with van der Waals surface area (Å²) < 4.78 is 58.7. The molecule has 331 valence electrons. The van der Waals surface area contributed by atoms with E-state index >= 15 is 0 Å². The Morgan fingerprint density at radius 1 is 0.349 bits per heavy atom. The van der Waals surface area contributed by atoms with Gasteiger partial charge in [0.2, 0.25) is 0 Å². The average Bonchev–Trinajstić information content (AvgIpc) is 4.12. The summed E-state index contributed by atoms with van der Waals surface area (Å²) in [6.45, 7) is 6.98. The van der Waals surface area contributed by atoms with Crippen LogP contribution in [0.15, 0.2) is 72.8 Å². The third-order valence-corrected chi connectivity index (χ3v) is 10.2. The zero-order chi connectivity index (χ0) is 41.8. The van der Waals surface area contributed by atoms with Crippen molar-refractivity contribution in [2.24, 2.45) is 0 Å². The molecule has 15 heteroatoms. The van der Waals surface area contributed by atoms with Gasteiger partial charge in [-0.15, -0.1) is 22.1 Å². The molecule has 0 amide bonds. The summed E-state index contributed by atoms with van der Waals surface area (Å²) in [5.74, 6) is 2.39. The van der Waals surface area contributed by atoms with E-state index in [1.54, 1.807) is 0 Å². The van der Waals surface area contributed by atoms with Crippen LogP contribution in [0.2, 0.25) is 0 Å². The molecule has 0 saturated heterocycles. The Bertz CT molecular complexity index is 2380. The predicted octanol–water partition coefficient (Wildman–Crippen LogP) is 6.89. The largest absolute Gasteiger partial charge is 2.00 e.